The van der Waals surface area contributed by atoms with Gasteiger partial charge in [0.15, 0.2) is 11.5 Å². The number of methoxy groups -OCH3 is 2. The first kappa shape index (κ1) is 21.3. The van der Waals surface area contributed by atoms with Gasteiger partial charge in [0.1, 0.15) is 0 Å². The number of hydrogen-bond acceptors (Lipinski definition) is 4. The van der Waals surface area contributed by atoms with E-state index in [1.165, 1.54) is 5.56 Å². The minimum absolute atomic E-state index is 0.234. The average Bonchev–Trinajstić information content (AvgIpc) is 2.75. The van der Waals surface area contributed by atoms with E-state index >= 15 is 0 Å². The molecule has 6 heteroatoms. The van der Waals surface area contributed by atoms with Crippen LogP contribution in [0.1, 0.15) is 31.2 Å². The number of anilines is 1. The van der Waals surface area contributed by atoms with Gasteiger partial charge in [-0.1, -0.05) is 23.7 Å². The van der Waals surface area contributed by atoms with Crippen molar-refractivity contribution in [2.75, 3.05) is 32.6 Å². The molecule has 0 aromatic heterocycles. The Bertz CT molecular complexity index is 810. The largest absolute Gasteiger partial charge is 0.493 e. The van der Waals surface area contributed by atoms with Gasteiger partial charge in [0.05, 0.1) is 14.2 Å². The number of rotatable bonds is 8. The van der Waals surface area contributed by atoms with Crippen LogP contribution in [-0.2, 0) is 11.2 Å². The summed E-state index contributed by atoms with van der Waals surface area (Å²) >= 11 is 5.92. The van der Waals surface area contributed by atoms with Gasteiger partial charge in [-0.25, -0.2) is 0 Å². The van der Waals surface area contributed by atoms with Crippen molar-refractivity contribution in [1.82, 2.24) is 4.90 Å². The molecule has 1 aliphatic rings. The summed E-state index contributed by atoms with van der Waals surface area (Å²) in [6, 6.07) is 13.9. The Hall–Kier alpha value is -2.40. The van der Waals surface area contributed by atoms with Crippen molar-refractivity contribution in [1.29, 1.82) is 0 Å². The lowest BCUT2D eigenvalue weighted by atomic mass is 10.0. The van der Waals surface area contributed by atoms with E-state index < -0.39 is 0 Å². The molecule has 0 unspecified atom stereocenters. The molecule has 0 bridgehead atoms. The molecule has 0 saturated carbocycles. The van der Waals surface area contributed by atoms with Crippen LogP contribution >= 0.6 is 11.6 Å². The van der Waals surface area contributed by atoms with E-state index in [-0.39, 0.29) is 11.9 Å². The van der Waals surface area contributed by atoms with Gasteiger partial charge < -0.3 is 19.7 Å². The molecule has 2 aromatic carbocycles. The van der Waals surface area contributed by atoms with Crippen LogP contribution in [0.15, 0.2) is 42.5 Å². The summed E-state index contributed by atoms with van der Waals surface area (Å²) < 4.78 is 10.7. The standard InChI is InChI=1S/C23H29ClN2O3/c1-28-21-13-12-19(15-22(21)29-2)25-20-6-4-14-26(16-20)23(27)7-3-5-17-8-10-18(24)11-9-17/h8-13,15,20,25H,3-7,14,16H2,1-2H3/t20-/m0/s1. The van der Waals surface area contributed by atoms with Crippen LogP contribution in [-0.4, -0.2) is 44.2 Å². The second-order valence-electron chi connectivity index (χ2n) is 7.37. The van der Waals surface area contributed by atoms with Crippen molar-refractivity contribution in [2.24, 2.45) is 0 Å². The van der Waals surface area contributed by atoms with Gasteiger partial charge in [-0.2, -0.15) is 0 Å². The quantitative estimate of drug-likeness (QED) is 0.672. The number of benzene rings is 2. The Morgan fingerprint density at radius 1 is 1.14 bits per heavy atom. The van der Waals surface area contributed by atoms with Gasteiger partial charge in [0.25, 0.3) is 0 Å². The van der Waals surface area contributed by atoms with E-state index in [4.69, 9.17) is 21.1 Å². The smallest absolute Gasteiger partial charge is 0.222 e. The van der Waals surface area contributed by atoms with E-state index in [0.717, 1.165) is 49.5 Å². The SMILES string of the molecule is COc1ccc(N[C@H]2CCCN(C(=O)CCCc3ccc(Cl)cc3)C2)cc1OC. The van der Waals surface area contributed by atoms with Crippen LogP contribution in [0.5, 0.6) is 11.5 Å². The van der Waals surface area contributed by atoms with Crippen LogP contribution < -0.4 is 14.8 Å². The summed E-state index contributed by atoms with van der Waals surface area (Å²) in [6.45, 7) is 1.57. The summed E-state index contributed by atoms with van der Waals surface area (Å²) in [5, 5.41) is 4.28. The molecule has 3 rings (SSSR count). The highest BCUT2D eigenvalue weighted by atomic mass is 35.5. The van der Waals surface area contributed by atoms with Gasteiger partial charge in [-0.15, -0.1) is 0 Å². The van der Waals surface area contributed by atoms with E-state index in [1.807, 2.05) is 47.4 Å². The fraction of sp³-hybridized carbons (Fsp3) is 0.435. The molecule has 1 heterocycles. The molecule has 2 aromatic rings. The molecule has 1 aliphatic heterocycles. The molecule has 5 nitrogen and oxygen atoms in total. The number of halogens is 1. The highest BCUT2D eigenvalue weighted by Crippen LogP contribution is 2.30. The fourth-order valence-corrected chi connectivity index (χ4v) is 3.86. The van der Waals surface area contributed by atoms with Gasteiger partial charge >= 0.3 is 0 Å². The van der Waals surface area contributed by atoms with Gasteiger partial charge in [-0.05, 0) is 55.5 Å². The minimum atomic E-state index is 0.234. The fourth-order valence-electron chi connectivity index (χ4n) is 3.74. The van der Waals surface area contributed by atoms with Crippen LogP contribution in [0.4, 0.5) is 5.69 Å². The van der Waals surface area contributed by atoms with E-state index in [2.05, 4.69) is 5.32 Å². The monoisotopic (exact) mass is 416 g/mol. The maximum absolute atomic E-state index is 12.7. The number of ether oxygens (including phenoxy) is 2. The Morgan fingerprint density at radius 2 is 1.90 bits per heavy atom. The summed E-state index contributed by atoms with van der Waals surface area (Å²) in [5.41, 5.74) is 2.19. The van der Waals surface area contributed by atoms with Crippen LogP contribution in [0.25, 0.3) is 0 Å². The molecular weight excluding hydrogens is 388 g/mol. The molecule has 1 atom stereocenters. The molecule has 0 aliphatic carbocycles. The predicted molar refractivity (Wildman–Crippen MR) is 117 cm³/mol. The third-order valence-electron chi connectivity index (χ3n) is 5.30. The molecule has 156 valence electrons. The maximum Gasteiger partial charge on any atom is 0.222 e. The molecule has 0 spiro atoms. The van der Waals surface area contributed by atoms with Gasteiger partial charge in [0.2, 0.25) is 5.91 Å². The average molecular weight is 417 g/mol. The molecule has 1 saturated heterocycles. The number of aryl methyl sites for hydroxylation is 1. The first-order valence-corrected chi connectivity index (χ1v) is 10.5. The molecule has 1 amide bonds. The molecular formula is C23H29ClN2O3. The Balaban J connectivity index is 1.49. The summed E-state index contributed by atoms with van der Waals surface area (Å²) in [4.78, 5) is 14.7. The van der Waals surface area contributed by atoms with Crippen molar-refractivity contribution in [3.8, 4) is 11.5 Å². The number of nitrogens with zero attached hydrogens (tertiary/aromatic N) is 1. The number of carbonyl (C=O) groups is 1. The van der Waals surface area contributed by atoms with Crippen LogP contribution in [0, 0.1) is 0 Å². The highest BCUT2D eigenvalue weighted by Gasteiger charge is 2.23. The van der Waals surface area contributed by atoms with E-state index in [0.29, 0.717) is 17.9 Å². The van der Waals surface area contributed by atoms with Gasteiger partial charge in [0, 0.05) is 42.3 Å². The molecule has 1 fully saturated rings. The summed E-state index contributed by atoms with van der Waals surface area (Å²) in [5.74, 6) is 1.64. The topological polar surface area (TPSA) is 50.8 Å². The van der Waals surface area contributed by atoms with Crippen LogP contribution in [0.2, 0.25) is 5.02 Å². The van der Waals surface area contributed by atoms with Gasteiger partial charge in [-0.3, -0.25) is 4.79 Å². The summed E-state index contributed by atoms with van der Waals surface area (Å²) in [6.07, 6.45) is 4.37. The van der Waals surface area contributed by atoms with Crippen molar-refractivity contribution in [3.05, 3.63) is 53.1 Å². The summed E-state index contributed by atoms with van der Waals surface area (Å²) in [7, 11) is 3.26. The lowest BCUT2D eigenvalue weighted by Crippen LogP contribution is -2.45. The Labute approximate surface area is 177 Å². The van der Waals surface area contributed by atoms with E-state index in [1.54, 1.807) is 14.2 Å². The predicted octanol–water partition coefficient (Wildman–Crippen LogP) is 4.78. The Morgan fingerprint density at radius 3 is 2.62 bits per heavy atom. The minimum Gasteiger partial charge on any atom is -0.493 e. The van der Waals surface area contributed by atoms with Crippen molar-refractivity contribution >= 4 is 23.2 Å². The molecule has 1 N–H and O–H groups in total. The second kappa shape index (κ2) is 10.4. The first-order valence-electron chi connectivity index (χ1n) is 10.1. The molecule has 0 radical (unpaired) electrons. The third-order valence-corrected chi connectivity index (χ3v) is 5.55. The number of amides is 1. The van der Waals surface area contributed by atoms with Crippen LogP contribution in [0.3, 0.4) is 0 Å². The molecule has 29 heavy (non-hydrogen) atoms. The highest BCUT2D eigenvalue weighted by molar-refractivity contribution is 6.30. The zero-order valence-electron chi connectivity index (χ0n) is 17.1. The zero-order chi connectivity index (χ0) is 20.6. The second-order valence-corrected chi connectivity index (χ2v) is 7.81. The normalized spacial score (nSPS) is 16.4. The third kappa shape index (κ3) is 6.04. The number of carbonyl (C=O) groups excluding carboxylic acids is 1. The number of hydrogen-bond donors (Lipinski definition) is 1. The van der Waals surface area contributed by atoms with Crippen molar-refractivity contribution < 1.29 is 14.3 Å². The first-order chi connectivity index (χ1) is 14.1. The van der Waals surface area contributed by atoms with Crippen molar-refractivity contribution in [2.45, 2.75) is 38.1 Å². The maximum atomic E-state index is 12.7. The number of nitrogens with one attached hydrogen (secondary N) is 1. The number of piperidine rings is 1. The number of likely N-dealkylation sites (tertiary alicyclic amines) is 1. The van der Waals surface area contributed by atoms with E-state index in [9.17, 15) is 4.79 Å². The lowest BCUT2D eigenvalue weighted by molar-refractivity contribution is -0.132. The Kier molecular flexibility index (Phi) is 7.64. The lowest BCUT2D eigenvalue weighted by Gasteiger charge is -2.34. The zero-order valence-corrected chi connectivity index (χ0v) is 17.9. The van der Waals surface area contributed by atoms with Crippen molar-refractivity contribution in [3.63, 3.8) is 0 Å².